The Balaban J connectivity index is 2.19. The van der Waals surface area contributed by atoms with E-state index in [2.05, 4.69) is 15.5 Å². The van der Waals surface area contributed by atoms with Gasteiger partial charge in [-0.2, -0.15) is 20.1 Å². The number of anilines is 1. The van der Waals surface area contributed by atoms with Crippen molar-refractivity contribution in [1.29, 1.82) is 5.26 Å². The summed E-state index contributed by atoms with van der Waals surface area (Å²) in [5.74, 6) is -0.236. The summed E-state index contributed by atoms with van der Waals surface area (Å²) in [6.07, 6.45) is 4.18. The lowest BCUT2D eigenvalue weighted by atomic mass is 10.1. The van der Waals surface area contributed by atoms with E-state index in [-0.39, 0.29) is 17.3 Å². The Hall–Kier alpha value is -2.86. The van der Waals surface area contributed by atoms with Crippen molar-refractivity contribution in [3.8, 4) is 11.9 Å². The molecule has 2 amide bonds. The van der Waals surface area contributed by atoms with Crippen molar-refractivity contribution < 1.29 is 9.59 Å². The molecule has 0 aliphatic carbocycles. The first-order valence-corrected chi connectivity index (χ1v) is 9.03. The number of amides is 2. The maximum Gasteiger partial charge on any atom is 0.242 e. The zero-order valence-corrected chi connectivity index (χ0v) is 16.1. The van der Waals surface area contributed by atoms with Gasteiger partial charge in [0, 0.05) is 20.5 Å². The number of carbonyl (C=O) groups is 2. The van der Waals surface area contributed by atoms with Gasteiger partial charge in [-0.3, -0.25) is 19.2 Å². The first kappa shape index (κ1) is 18.9. The fourth-order valence-corrected chi connectivity index (χ4v) is 3.62. The minimum Gasteiger partial charge on any atom is -0.357 e. The molecule has 0 radical (unpaired) electrons. The summed E-state index contributed by atoms with van der Waals surface area (Å²) in [4.78, 5) is 25.8. The highest BCUT2D eigenvalue weighted by molar-refractivity contribution is 6.33. The lowest BCUT2D eigenvalue weighted by Gasteiger charge is -2.27. The quantitative estimate of drug-likeness (QED) is 0.850. The van der Waals surface area contributed by atoms with Crippen molar-refractivity contribution in [3.05, 3.63) is 22.5 Å². The second kappa shape index (κ2) is 7.40. The van der Waals surface area contributed by atoms with Crippen LogP contribution in [0, 0.1) is 11.3 Å². The smallest absolute Gasteiger partial charge is 0.242 e. The Labute approximate surface area is 161 Å². The summed E-state index contributed by atoms with van der Waals surface area (Å²) in [5.41, 5.74) is 1.06. The Bertz CT molecular complexity index is 940. The van der Waals surface area contributed by atoms with Gasteiger partial charge >= 0.3 is 0 Å². The average Bonchev–Trinajstić information content (AvgIpc) is 3.22. The van der Waals surface area contributed by atoms with Crippen molar-refractivity contribution in [2.24, 2.45) is 0 Å². The molecule has 3 rings (SSSR count). The number of aryl methyl sites for hydroxylation is 1. The number of likely N-dealkylation sites (N-methyl/N-ethyl adjacent to an activating group) is 1. The molecule has 9 nitrogen and oxygen atoms in total. The summed E-state index contributed by atoms with van der Waals surface area (Å²) in [7, 11) is 1.49. The predicted octanol–water partition coefficient (Wildman–Crippen LogP) is 1.42. The number of nitriles is 1. The molecule has 0 saturated carbocycles. The molecule has 10 heteroatoms. The van der Waals surface area contributed by atoms with Crippen molar-refractivity contribution in [1.82, 2.24) is 24.9 Å². The normalized spacial score (nSPS) is 14.2. The summed E-state index contributed by atoms with van der Waals surface area (Å²) >= 11 is 6.55. The minimum absolute atomic E-state index is 0.156. The number of nitrogens with zero attached hydrogens (tertiary/aromatic N) is 6. The number of halogens is 1. The van der Waals surface area contributed by atoms with Crippen LogP contribution >= 0.6 is 11.6 Å². The number of fused-ring (bicyclic) bond motifs is 1. The highest BCUT2D eigenvalue weighted by atomic mass is 35.5. The maximum absolute atomic E-state index is 12.4. The third kappa shape index (κ3) is 3.17. The topological polar surface area (TPSA) is 109 Å². The molecule has 1 N–H and O–H groups in total. The van der Waals surface area contributed by atoms with Gasteiger partial charge in [0.1, 0.15) is 22.7 Å². The lowest BCUT2D eigenvalue weighted by molar-refractivity contribution is -0.125. The number of nitrogens with one attached hydrogen (secondary N) is 1. The molecule has 3 heterocycles. The fourth-order valence-electron chi connectivity index (χ4n) is 3.31. The van der Waals surface area contributed by atoms with E-state index in [0.717, 1.165) is 31.5 Å². The van der Waals surface area contributed by atoms with Crippen LogP contribution in [0.4, 0.5) is 5.82 Å². The summed E-state index contributed by atoms with van der Waals surface area (Å²) in [5, 5.41) is 21.3. The zero-order valence-electron chi connectivity index (χ0n) is 15.4. The molecule has 0 saturated heterocycles. The third-order valence-electron chi connectivity index (χ3n) is 4.66. The van der Waals surface area contributed by atoms with Gasteiger partial charge in [0.05, 0.1) is 11.9 Å². The SMILES string of the molecule is CNC(=O)C(C)N(C(C)=O)c1c(C#N)cnn1-c1nn2c(c1Cl)CCCC2. The lowest BCUT2D eigenvalue weighted by Crippen LogP contribution is -2.47. The van der Waals surface area contributed by atoms with Gasteiger partial charge in [-0.1, -0.05) is 11.6 Å². The number of rotatable bonds is 4. The van der Waals surface area contributed by atoms with Gasteiger partial charge in [-0.15, -0.1) is 0 Å². The van der Waals surface area contributed by atoms with E-state index in [4.69, 9.17) is 11.6 Å². The maximum atomic E-state index is 12.4. The van der Waals surface area contributed by atoms with Crippen molar-refractivity contribution >= 4 is 29.2 Å². The van der Waals surface area contributed by atoms with E-state index in [1.54, 1.807) is 6.92 Å². The van der Waals surface area contributed by atoms with E-state index in [1.165, 1.54) is 29.7 Å². The van der Waals surface area contributed by atoms with Crippen LogP contribution in [0.2, 0.25) is 5.02 Å². The van der Waals surface area contributed by atoms with E-state index in [1.807, 2.05) is 10.8 Å². The number of hydrogen-bond acceptors (Lipinski definition) is 5. The van der Waals surface area contributed by atoms with Gasteiger partial charge in [0.2, 0.25) is 11.8 Å². The Morgan fingerprint density at radius 3 is 2.78 bits per heavy atom. The van der Waals surface area contributed by atoms with Crippen molar-refractivity contribution in [2.75, 3.05) is 11.9 Å². The molecule has 0 spiro atoms. The Morgan fingerprint density at radius 2 is 2.19 bits per heavy atom. The highest BCUT2D eigenvalue weighted by Gasteiger charge is 2.32. The van der Waals surface area contributed by atoms with Gasteiger partial charge in [0.25, 0.3) is 0 Å². The van der Waals surface area contributed by atoms with Crippen molar-refractivity contribution in [3.63, 3.8) is 0 Å². The average molecular weight is 390 g/mol. The van der Waals surface area contributed by atoms with Crippen LogP contribution in [0.3, 0.4) is 0 Å². The molecule has 1 aliphatic heterocycles. The van der Waals surface area contributed by atoms with Gasteiger partial charge in [-0.25, -0.2) is 0 Å². The first-order valence-electron chi connectivity index (χ1n) is 8.65. The fraction of sp³-hybridized carbons (Fsp3) is 0.471. The molecule has 1 aliphatic rings. The number of carbonyl (C=O) groups excluding carboxylic acids is 2. The predicted molar refractivity (Wildman–Crippen MR) is 98.7 cm³/mol. The second-order valence-electron chi connectivity index (χ2n) is 6.35. The molecule has 0 aromatic carbocycles. The monoisotopic (exact) mass is 389 g/mol. The van der Waals surface area contributed by atoms with Gasteiger partial charge < -0.3 is 5.32 Å². The Kier molecular flexibility index (Phi) is 5.19. The minimum atomic E-state index is -0.842. The molecule has 2 aromatic heterocycles. The molecule has 2 aromatic rings. The van der Waals surface area contributed by atoms with Crippen LogP contribution in [0.15, 0.2) is 6.20 Å². The second-order valence-corrected chi connectivity index (χ2v) is 6.73. The largest absolute Gasteiger partial charge is 0.357 e. The van der Waals surface area contributed by atoms with Crippen LogP contribution < -0.4 is 10.2 Å². The summed E-state index contributed by atoms with van der Waals surface area (Å²) in [6, 6.07) is 1.19. The zero-order chi connectivity index (χ0) is 19.7. The van der Waals surface area contributed by atoms with Crippen LogP contribution in [0.25, 0.3) is 5.82 Å². The molecule has 0 bridgehead atoms. The highest BCUT2D eigenvalue weighted by Crippen LogP contribution is 2.33. The van der Waals surface area contributed by atoms with Gasteiger partial charge in [-0.05, 0) is 26.2 Å². The number of aromatic nitrogens is 4. The van der Waals surface area contributed by atoms with E-state index >= 15 is 0 Å². The molecule has 1 atom stereocenters. The molecular weight excluding hydrogens is 370 g/mol. The standard InChI is InChI=1S/C17H20ClN7O2/c1-10(16(27)20-3)24(11(2)26)17-12(8-19)9-21-25(17)15-14(18)13-6-4-5-7-23(13)22-15/h9-10H,4-7H2,1-3H3,(H,20,27). The van der Waals surface area contributed by atoms with E-state index in [0.29, 0.717) is 10.8 Å². The first-order chi connectivity index (χ1) is 12.9. The Morgan fingerprint density at radius 1 is 1.44 bits per heavy atom. The van der Waals surface area contributed by atoms with E-state index in [9.17, 15) is 14.9 Å². The molecule has 0 fully saturated rings. The summed E-state index contributed by atoms with van der Waals surface area (Å²) in [6.45, 7) is 3.66. The van der Waals surface area contributed by atoms with E-state index < -0.39 is 11.9 Å². The van der Waals surface area contributed by atoms with Crippen LogP contribution in [0.1, 0.15) is 37.9 Å². The third-order valence-corrected chi connectivity index (χ3v) is 5.04. The molecule has 27 heavy (non-hydrogen) atoms. The van der Waals surface area contributed by atoms with Crippen LogP contribution in [-0.2, 0) is 22.6 Å². The molecule has 142 valence electrons. The molecule has 1 unspecified atom stereocenters. The van der Waals surface area contributed by atoms with Crippen molar-refractivity contribution in [2.45, 2.75) is 45.7 Å². The van der Waals surface area contributed by atoms with Crippen LogP contribution in [0.5, 0.6) is 0 Å². The van der Waals surface area contributed by atoms with Gasteiger partial charge in [0.15, 0.2) is 11.6 Å². The summed E-state index contributed by atoms with van der Waals surface area (Å²) < 4.78 is 3.20. The number of hydrogen-bond donors (Lipinski definition) is 1. The molecular formula is C17H20ClN7O2. The van der Waals surface area contributed by atoms with Crippen LogP contribution in [-0.4, -0.2) is 44.5 Å².